The zero-order valence-electron chi connectivity index (χ0n) is 32.2. The van der Waals surface area contributed by atoms with Gasteiger partial charge < -0.3 is 14.4 Å². The van der Waals surface area contributed by atoms with Crippen LogP contribution in [-0.2, 0) is 40.0 Å². The van der Waals surface area contributed by atoms with Crippen LogP contribution in [0, 0.1) is 6.92 Å². The summed E-state index contributed by atoms with van der Waals surface area (Å²) in [7, 11) is -4.37. The van der Waals surface area contributed by atoms with Crippen LogP contribution < -0.4 is 4.90 Å². The first kappa shape index (κ1) is 41.2. The highest BCUT2D eigenvalue weighted by molar-refractivity contribution is 7.85. The fraction of sp³-hybridized carbons (Fsp3) is 0.465. The predicted octanol–water partition coefficient (Wildman–Crippen LogP) is 9.15. The number of unbranched alkanes of at least 4 members (excludes halogenated alkanes) is 4. The number of anilines is 1. The summed E-state index contributed by atoms with van der Waals surface area (Å²) >= 11 is 7.22. The number of fused-ring (bicyclic) bond motifs is 2. The Balaban J connectivity index is 1.45. The molecule has 0 saturated heterocycles. The van der Waals surface area contributed by atoms with Gasteiger partial charge in [-0.3, -0.25) is 14.1 Å². The number of halogens is 1. The van der Waals surface area contributed by atoms with Crippen molar-refractivity contribution >= 4 is 51.7 Å². The molecule has 0 amide bonds. The summed E-state index contributed by atoms with van der Waals surface area (Å²) in [5, 5.41) is 0.754. The van der Waals surface area contributed by atoms with Gasteiger partial charge in [0.25, 0.3) is 23.1 Å². The van der Waals surface area contributed by atoms with E-state index < -0.39 is 15.5 Å². The Morgan fingerprint density at radius 2 is 1.56 bits per heavy atom. The quantitative estimate of drug-likeness (QED) is 0.0691. The van der Waals surface area contributed by atoms with Crippen LogP contribution in [-0.4, -0.2) is 62.5 Å². The molecule has 0 spiro atoms. The highest BCUT2D eigenvalue weighted by Crippen LogP contribution is 2.49. The van der Waals surface area contributed by atoms with Crippen molar-refractivity contribution < 1.29 is 36.6 Å². The number of carbonyl (C=O) groups is 2. The summed E-state index contributed by atoms with van der Waals surface area (Å²) in [4.78, 5) is 23.2. The van der Waals surface area contributed by atoms with Crippen molar-refractivity contribution in [2.45, 2.75) is 108 Å². The highest BCUT2D eigenvalue weighted by atomic mass is 35.5. The Morgan fingerprint density at radius 1 is 0.852 bits per heavy atom. The Hall–Kier alpha value is -3.99. The van der Waals surface area contributed by atoms with E-state index >= 15 is 0 Å². The second-order valence-electron chi connectivity index (χ2n) is 15.4. The molecule has 0 atom stereocenters. The lowest BCUT2D eigenvalue weighted by molar-refractivity contribution is -0.438. The molecule has 0 unspecified atom stereocenters. The van der Waals surface area contributed by atoms with Gasteiger partial charge in [0, 0.05) is 52.5 Å². The van der Waals surface area contributed by atoms with Gasteiger partial charge in [0.1, 0.15) is 6.54 Å². The third kappa shape index (κ3) is 9.09. The maximum atomic E-state index is 12.1. The SMILES string of the molecule is Cc1ccc2c(c1)C(C)(C)C(/C=C/C1=C(Cl)C(=C/C=C3/N(CCCCCOC=O)c4ccc(S(=O)(=O)O)cc4C3(C)C)/CCC1)=[N+]2CCCCCOC=O. The van der Waals surface area contributed by atoms with Crippen LogP contribution >= 0.6 is 11.6 Å². The molecule has 5 rings (SSSR count). The summed E-state index contributed by atoms with van der Waals surface area (Å²) in [6.45, 7) is 14.2. The predicted molar refractivity (Wildman–Crippen MR) is 214 cm³/mol. The standard InChI is InChI=1S/C43H53ClN2O7S/c1-31-15-19-37-35(27-31)42(2,3)39(45(37)23-8-6-10-25-52-29-47)21-16-32-13-12-14-33(41(32)44)17-22-40-43(4,5)36-28-34(54(49,50)51)18-20-38(36)46(40)24-9-7-11-26-53-30-48/h15-22,27-30H,6-14,23-26H2,1-5H3/p+1. The Labute approximate surface area is 325 Å². The van der Waals surface area contributed by atoms with Gasteiger partial charge in [-0.1, -0.05) is 49.2 Å². The lowest BCUT2D eigenvalue weighted by Gasteiger charge is -2.27. The Bertz CT molecular complexity index is 2010. The number of aryl methyl sites for hydroxylation is 1. The molecule has 2 aromatic rings. The molecule has 1 aliphatic carbocycles. The van der Waals surface area contributed by atoms with Crippen molar-refractivity contribution in [3.63, 3.8) is 0 Å². The van der Waals surface area contributed by atoms with Crippen LogP contribution in [0.1, 0.15) is 102 Å². The zero-order chi connectivity index (χ0) is 39.1. The van der Waals surface area contributed by atoms with E-state index in [1.54, 1.807) is 12.1 Å². The number of ether oxygens (including phenoxy) is 2. The molecule has 0 radical (unpaired) electrons. The van der Waals surface area contributed by atoms with Crippen LogP contribution in [0.25, 0.3) is 0 Å². The van der Waals surface area contributed by atoms with Gasteiger partial charge in [-0.25, -0.2) is 0 Å². The number of nitrogens with zero attached hydrogens (tertiary/aromatic N) is 2. The van der Waals surface area contributed by atoms with Gasteiger partial charge in [-0.05, 0) is 119 Å². The van der Waals surface area contributed by atoms with Crippen molar-refractivity contribution in [3.8, 4) is 0 Å². The molecular weight excluding hydrogens is 724 g/mol. The Morgan fingerprint density at radius 3 is 2.24 bits per heavy atom. The number of hydrogen-bond donors (Lipinski definition) is 1. The molecule has 1 N–H and O–H groups in total. The first-order valence-electron chi connectivity index (χ1n) is 19.0. The van der Waals surface area contributed by atoms with E-state index in [-0.39, 0.29) is 10.3 Å². The first-order valence-corrected chi connectivity index (χ1v) is 20.8. The van der Waals surface area contributed by atoms with E-state index in [4.69, 9.17) is 21.1 Å². The molecule has 0 fully saturated rings. The van der Waals surface area contributed by atoms with Gasteiger partial charge in [-0.15, -0.1) is 0 Å². The summed E-state index contributed by atoms with van der Waals surface area (Å²) < 4.78 is 46.2. The summed E-state index contributed by atoms with van der Waals surface area (Å²) in [5.41, 5.74) is 9.13. The second kappa shape index (κ2) is 17.6. The van der Waals surface area contributed by atoms with Crippen molar-refractivity contribution in [2.24, 2.45) is 0 Å². The van der Waals surface area contributed by atoms with Crippen LogP contribution in [0.3, 0.4) is 0 Å². The molecule has 290 valence electrons. The number of hydrogen-bond acceptors (Lipinski definition) is 7. The van der Waals surface area contributed by atoms with E-state index in [0.29, 0.717) is 32.7 Å². The molecule has 3 aliphatic rings. The molecule has 54 heavy (non-hydrogen) atoms. The van der Waals surface area contributed by atoms with Gasteiger partial charge in [0.15, 0.2) is 5.71 Å². The third-order valence-corrected chi connectivity index (χ3v) is 12.3. The smallest absolute Gasteiger partial charge is 0.294 e. The van der Waals surface area contributed by atoms with Gasteiger partial charge in [0.05, 0.1) is 23.5 Å². The molecule has 0 aromatic heterocycles. The Kier molecular flexibility index (Phi) is 13.5. The second-order valence-corrected chi connectivity index (χ2v) is 17.2. The monoisotopic (exact) mass is 777 g/mol. The topological polar surface area (TPSA) is 113 Å². The minimum Gasteiger partial charge on any atom is -0.468 e. The molecule has 0 saturated carbocycles. The molecule has 11 heteroatoms. The van der Waals surface area contributed by atoms with Crippen LogP contribution in [0.5, 0.6) is 0 Å². The van der Waals surface area contributed by atoms with Gasteiger partial charge in [-0.2, -0.15) is 13.0 Å². The molecule has 2 aliphatic heterocycles. The molecule has 2 aromatic carbocycles. The van der Waals surface area contributed by atoms with E-state index in [0.717, 1.165) is 97.5 Å². The van der Waals surface area contributed by atoms with Crippen LogP contribution in [0.4, 0.5) is 11.4 Å². The normalized spacial score (nSPS) is 19.2. The summed E-state index contributed by atoms with van der Waals surface area (Å²) in [6.07, 6.45) is 16.5. The molecular formula is C43H54ClN2O7S+. The number of allylic oxidation sites excluding steroid dienone is 8. The lowest BCUT2D eigenvalue weighted by atomic mass is 9.80. The fourth-order valence-corrected chi connectivity index (χ4v) is 8.84. The van der Waals surface area contributed by atoms with Crippen molar-refractivity contribution in [2.75, 3.05) is 31.2 Å². The number of carbonyl (C=O) groups excluding carboxylic acids is 2. The number of rotatable bonds is 18. The van der Waals surface area contributed by atoms with Crippen molar-refractivity contribution in [1.82, 2.24) is 0 Å². The average Bonchev–Trinajstić information content (AvgIpc) is 3.47. The summed E-state index contributed by atoms with van der Waals surface area (Å²) in [5.74, 6) is 0. The van der Waals surface area contributed by atoms with E-state index in [9.17, 15) is 22.6 Å². The van der Waals surface area contributed by atoms with Crippen molar-refractivity contribution in [1.29, 1.82) is 0 Å². The highest BCUT2D eigenvalue weighted by Gasteiger charge is 2.44. The minimum atomic E-state index is -4.37. The van der Waals surface area contributed by atoms with Gasteiger partial charge >= 0.3 is 0 Å². The maximum absolute atomic E-state index is 12.1. The molecule has 9 nitrogen and oxygen atoms in total. The van der Waals surface area contributed by atoms with Gasteiger partial charge in [0.2, 0.25) is 5.69 Å². The van der Waals surface area contributed by atoms with Crippen molar-refractivity contribution in [3.05, 3.63) is 99.3 Å². The first-order chi connectivity index (χ1) is 25.7. The minimum absolute atomic E-state index is 0.126. The largest absolute Gasteiger partial charge is 0.468 e. The molecule has 2 heterocycles. The van der Waals surface area contributed by atoms with E-state index in [1.165, 1.54) is 28.6 Å². The van der Waals surface area contributed by atoms with Crippen LogP contribution in [0.15, 0.2) is 87.5 Å². The molecule has 0 bridgehead atoms. The third-order valence-electron chi connectivity index (χ3n) is 11.0. The maximum Gasteiger partial charge on any atom is 0.294 e. The average molecular weight is 778 g/mol. The van der Waals surface area contributed by atoms with E-state index in [1.807, 2.05) is 0 Å². The number of benzene rings is 2. The van der Waals surface area contributed by atoms with E-state index in [2.05, 4.69) is 86.6 Å². The zero-order valence-corrected chi connectivity index (χ0v) is 33.8. The summed E-state index contributed by atoms with van der Waals surface area (Å²) in [6, 6.07) is 11.5. The lowest BCUT2D eigenvalue weighted by Crippen LogP contribution is -2.28. The fourth-order valence-electron chi connectivity index (χ4n) is 8.01. The van der Waals surface area contributed by atoms with Crippen LogP contribution in [0.2, 0.25) is 0 Å².